The van der Waals surface area contributed by atoms with Crippen LogP contribution >= 0.6 is 0 Å². The van der Waals surface area contributed by atoms with Crippen LogP contribution in [0.1, 0.15) is 30.6 Å². The molecule has 0 aliphatic heterocycles. The van der Waals surface area contributed by atoms with Crippen molar-refractivity contribution < 1.29 is 14.7 Å². The molecule has 0 spiro atoms. The molecule has 1 aromatic heterocycles. The van der Waals surface area contributed by atoms with Gasteiger partial charge in [-0.3, -0.25) is 9.89 Å². The summed E-state index contributed by atoms with van der Waals surface area (Å²) in [6, 6.07) is 5.82. The van der Waals surface area contributed by atoms with E-state index in [0.717, 1.165) is 5.56 Å². The number of carboxylic acids is 1. The average molecular weight is 302 g/mol. The van der Waals surface area contributed by atoms with Gasteiger partial charge in [-0.1, -0.05) is 26.0 Å². The standard InChI is InChI=1S/C15H18N4O3/c1-9(2)7-12(15(21)22)18-14(20)11-5-3-10(4-6-11)13-16-8-17-19-13/h3-6,8-9,12H,7H2,1-2H3,(H,18,20)(H,21,22)(H,16,17,19)/t12-/m1/s1. The summed E-state index contributed by atoms with van der Waals surface area (Å²) in [7, 11) is 0. The molecule has 0 aliphatic rings. The van der Waals surface area contributed by atoms with E-state index in [0.29, 0.717) is 17.8 Å². The number of aromatic amines is 1. The molecule has 0 bridgehead atoms. The SMILES string of the molecule is CC(C)C[C@@H](NC(=O)c1ccc(-c2ncn[nH]2)cc1)C(=O)O. The summed E-state index contributed by atoms with van der Waals surface area (Å²) in [5.74, 6) is -0.650. The molecule has 2 aromatic rings. The second kappa shape index (κ2) is 6.84. The molecule has 116 valence electrons. The molecule has 7 heteroatoms. The summed E-state index contributed by atoms with van der Waals surface area (Å²) in [5.41, 5.74) is 1.20. The first-order chi connectivity index (χ1) is 10.5. The zero-order valence-corrected chi connectivity index (χ0v) is 12.4. The fourth-order valence-electron chi connectivity index (χ4n) is 2.06. The van der Waals surface area contributed by atoms with Crippen molar-refractivity contribution in [2.75, 3.05) is 0 Å². The average Bonchev–Trinajstić information content (AvgIpc) is 3.00. The summed E-state index contributed by atoms with van der Waals surface area (Å²) in [6.07, 6.45) is 1.79. The van der Waals surface area contributed by atoms with Crippen LogP contribution < -0.4 is 5.32 Å². The Morgan fingerprint density at radius 2 is 1.95 bits per heavy atom. The van der Waals surface area contributed by atoms with Gasteiger partial charge >= 0.3 is 5.97 Å². The molecule has 7 nitrogen and oxygen atoms in total. The smallest absolute Gasteiger partial charge is 0.326 e. The Balaban J connectivity index is 2.07. The number of carboxylic acid groups (broad SMARTS) is 1. The number of nitrogens with zero attached hydrogens (tertiary/aromatic N) is 2. The molecule has 0 saturated heterocycles. The van der Waals surface area contributed by atoms with Crippen molar-refractivity contribution >= 4 is 11.9 Å². The third-order valence-electron chi connectivity index (χ3n) is 3.15. The van der Waals surface area contributed by atoms with E-state index in [-0.39, 0.29) is 5.92 Å². The molecule has 1 aromatic carbocycles. The lowest BCUT2D eigenvalue weighted by molar-refractivity contribution is -0.139. The minimum Gasteiger partial charge on any atom is -0.480 e. The highest BCUT2D eigenvalue weighted by molar-refractivity contribution is 5.96. The number of benzene rings is 1. The molecule has 0 radical (unpaired) electrons. The highest BCUT2D eigenvalue weighted by Crippen LogP contribution is 2.15. The number of carbonyl (C=O) groups is 2. The van der Waals surface area contributed by atoms with E-state index in [9.17, 15) is 9.59 Å². The maximum absolute atomic E-state index is 12.1. The quantitative estimate of drug-likeness (QED) is 0.752. The van der Waals surface area contributed by atoms with Crippen LogP contribution in [0.3, 0.4) is 0 Å². The first kappa shape index (κ1) is 15.7. The zero-order valence-electron chi connectivity index (χ0n) is 12.4. The van der Waals surface area contributed by atoms with Gasteiger partial charge in [-0.25, -0.2) is 9.78 Å². The highest BCUT2D eigenvalue weighted by Gasteiger charge is 2.21. The molecular formula is C15H18N4O3. The van der Waals surface area contributed by atoms with E-state index in [1.165, 1.54) is 6.33 Å². The Morgan fingerprint density at radius 3 is 2.45 bits per heavy atom. The lowest BCUT2D eigenvalue weighted by Gasteiger charge is -2.16. The van der Waals surface area contributed by atoms with Crippen LogP contribution in [0, 0.1) is 5.92 Å². The van der Waals surface area contributed by atoms with Gasteiger partial charge in [-0.05, 0) is 24.5 Å². The Morgan fingerprint density at radius 1 is 1.27 bits per heavy atom. The summed E-state index contributed by atoms with van der Waals surface area (Å²) in [5, 5.41) is 18.2. The molecule has 3 N–H and O–H groups in total. The highest BCUT2D eigenvalue weighted by atomic mass is 16.4. The fraction of sp³-hybridized carbons (Fsp3) is 0.333. The van der Waals surface area contributed by atoms with Crippen LogP contribution in [-0.4, -0.2) is 38.2 Å². The van der Waals surface area contributed by atoms with Crippen molar-refractivity contribution in [1.82, 2.24) is 20.5 Å². The second-order valence-electron chi connectivity index (χ2n) is 5.41. The lowest BCUT2D eigenvalue weighted by atomic mass is 10.0. The van der Waals surface area contributed by atoms with Crippen LogP contribution in [0.5, 0.6) is 0 Å². The molecule has 2 rings (SSSR count). The third kappa shape index (κ3) is 3.91. The molecule has 1 amide bonds. The topological polar surface area (TPSA) is 108 Å². The van der Waals surface area contributed by atoms with Gasteiger partial charge in [-0.2, -0.15) is 5.10 Å². The molecule has 0 saturated carbocycles. The van der Waals surface area contributed by atoms with Gasteiger partial charge in [0.2, 0.25) is 0 Å². The molecule has 0 aliphatic carbocycles. The zero-order chi connectivity index (χ0) is 16.1. The number of rotatable bonds is 6. The van der Waals surface area contributed by atoms with Gasteiger partial charge in [0, 0.05) is 11.1 Å². The predicted molar refractivity (Wildman–Crippen MR) is 80.2 cm³/mol. The van der Waals surface area contributed by atoms with E-state index in [1.54, 1.807) is 24.3 Å². The van der Waals surface area contributed by atoms with Crippen molar-refractivity contribution in [3.05, 3.63) is 36.2 Å². The molecular weight excluding hydrogens is 284 g/mol. The number of carbonyl (C=O) groups excluding carboxylic acids is 1. The van der Waals surface area contributed by atoms with Gasteiger partial charge in [-0.15, -0.1) is 0 Å². The molecule has 0 unspecified atom stereocenters. The monoisotopic (exact) mass is 302 g/mol. The number of hydrogen-bond donors (Lipinski definition) is 3. The van der Waals surface area contributed by atoms with E-state index in [2.05, 4.69) is 20.5 Å². The van der Waals surface area contributed by atoms with E-state index < -0.39 is 17.9 Å². The van der Waals surface area contributed by atoms with E-state index in [4.69, 9.17) is 5.11 Å². The van der Waals surface area contributed by atoms with E-state index >= 15 is 0 Å². The Kier molecular flexibility index (Phi) is 4.88. The molecule has 22 heavy (non-hydrogen) atoms. The Bertz CT molecular complexity index is 635. The minimum atomic E-state index is -1.03. The van der Waals surface area contributed by atoms with Gasteiger partial charge in [0.25, 0.3) is 5.91 Å². The number of H-pyrrole nitrogens is 1. The van der Waals surface area contributed by atoms with Crippen LogP contribution in [0.25, 0.3) is 11.4 Å². The number of nitrogens with one attached hydrogen (secondary N) is 2. The van der Waals surface area contributed by atoms with Gasteiger partial charge in [0.15, 0.2) is 5.82 Å². The van der Waals surface area contributed by atoms with Gasteiger partial charge in [0.05, 0.1) is 0 Å². The summed E-state index contributed by atoms with van der Waals surface area (Å²) >= 11 is 0. The third-order valence-corrected chi connectivity index (χ3v) is 3.15. The number of aromatic nitrogens is 3. The largest absolute Gasteiger partial charge is 0.480 e. The molecule has 1 heterocycles. The summed E-state index contributed by atoms with van der Waals surface area (Å²) < 4.78 is 0. The maximum atomic E-state index is 12.1. The minimum absolute atomic E-state index is 0.176. The normalized spacial score (nSPS) is 12.1. The van der Waals surface area contributed by atoms with Crippen LogP contribution in [-0.2, 0) is 4.79 Å². The van der Waals surface area contributed by atoms with Gasteiger partial charge < -0.3 is 10.4 Å². The Hall–Kier alpha value is -2.70. The summed E-state index contributed by atoms with van der Waals surface area (Å²) in [4.78, 5) is 27.3. The lowest BCUT2D eigenvalue weighted by Crippen LogP contribution is -2.41. The molecule has 0 fully saturated rings. The number of amides is 1. The number of aliphatic carboxylic acids is 1. The van der Waals surface area contributed by atoms with Crippen molar-refractivity contribution in [2.24, 2.45) is 5.92 Å². The van der Waals surface area contributed by atoms with Crippen molar-refractivity contribution in [3.8, 4) is 11.4 Å². The van der Waals surface area contributed by atoms with Crippen LogP contribution in [0.15, 0.2) is 30.6 Å². The number of hydrogen-bond acceptors (Lipinski definition) is 4. The Labute approximate surface area is 127 Å². The predicted octanol–water partition coefficient (Wildman–Crippen LogP) is 1.70. The maximum Gasteiger partial charge on any atom is 0.326 e. The van der Waals surface area contributed by atoms with Crippen LogP contribution in [0.4, 0.5) is 0 Å². The summed E-state index contributed by atoms with van der Waals surface area (Å²) in [6.45, 7) is 3.82. The van der Waals surface area contributed by atoms with Crippen molar-refractivity contribution in [2.45, 2.75) is 26.3 Å². The van der Waals surface area contributed by atoms with Crippen LogP contribution in [0.2, 0.25) is 0 Å². The molecule has 1 atom stereocenters. The van der Waals surface area contributed by atoms with Crippen molar-refractivity contribution in [1.29, 1.82) is 0 Å². The fourth-order valence-corrected chi connectivity index (χ4v) is 2.06. The van der Waals surface area contributed by atoms with Crippen molar-refractivity contribution in [3.63, 3.8) is 0 Å². The first-order valence-electron chi connectivity index (χ1n) is 6.97. The van der Waals surface area contributed by atoms with Gasteiger partial charge in [0.1, 0.15) is 12.4 Å². The first-order valence-corrected chi connectivity index (χ1v) is 6.97. The van der Waals surface area contributed by atoms with E-state index in [1.807, 2.05) is 13.8 Å². The second-order valence-corrected chi connectivity index (χ2v) is 5.41.